The predicted molar refractivity (Wildman–Crippen MR) is 55.4 cm³/mol. The first-order chi connectivity index (χ1) is 7.16. The predicted octanol–water partition coefficient (Wildman–Crippen LogP) is 1.78. The van der Waals surface area contributed by atoms with E-state index in [4.69, 9.17) is 5.11 Å². The zero-order valence-electron chi connectivity index (χ0n) is 8.02. The number of aromatic carboxylic acids is 1. The molecule has 0 amide bonds. The van der Waals surface area contributed by atoms with Crippen molar-refractivity contribution in [2.75, 3.05) is 18.0 Å². The van der Waals surface area contributed by atoms with Gasteiger partial charge in [-0.05, 0) is 12.8 Å². The molecule has 0 radical (unpaired) electrons. The van der Waals surface area contributed by atoms with Crippen molar-refractivity contribution in [2.24, 2.45) is 0 Å². The zero-order chi connectivity index (χ0) is 10.8. The maximum absolute atomic E-state index is 13.1. The maximum atomic E-state index is 13.1. The van der Waals surface area contributed by atoms with Crippen LogP contribution in [0.15, 0.2) is 6.20 Å². The van der Waals surface area contributed by atoms with Gasteiger partial charge in [0.05, 0.1) is 12.7 Å². The first-order valence-electron chi connectivity index (χ1n) is 4.75. The Balaban J connectivity index is 2.11. The summed E-state index contributed by atoms with van der Waals surface area (Å²) in [5.41, 5.74) is 0. The van der Waals surface area contributed by atoms with Crippen LogP contribution in [0, 0.1) is 0 Å². The van der Waals surface area contributed by atoms with Crippen LogP contribution >= 0.6 is 11.3 Å². The lowest BCUT2D eigenvalue weighted by Crippen LogP contribution is -2.36. The summed E-state index contributed by atoms with van der Waals surface area (Å²) in [4.78, 5) is 16.6. The summed E-state index contributed by atoms with van der Waals surface area (Å²) in [6.45, 7) is 1.08. The Morgan fingerprint density at radius 1 is 1.73 bits per heavy atom. The first-order valence-corrected chi connectivity index (χ1v) is 5.56. The molecular formula is C9H11FN2O2S. The molecule has 1 atom stereocenters. The number of thiazole rings is 1. The molecule has 6 heteroatoms. The number of piperidine rings is 1. The van der Waals surface area contributed by atoms with Crippen LogP contribution in [0.25, 0.3) is 0 Å². The Morgan fingerprint density at radius 2 is 2.53 bits per heavy atom. The number of halogens is 1. The van der Waals surface area contributed by atoms with Crippen molar-refractivity contribution in [3.05, 3.63) is 11.1 Å². The number of carboxylic acid groups (broad SMARTS) is 1. The van der Waals surface area contributed by atoms with Crippen molar-refractivity contribution >= 4 is 22.4 Å². The second-order valence-electron chi connectivity index (χ2n) is 3.50. The Bertz CT molecular complexity index is 369. The fourth-order valence-corrected chi connectivity index (χ4v) is 2.40. The van der Waals surface area contributed by atoms with Gasteiger partial charge in [-0.3, -0.25) is 0 Å². The number of nitrogens with zero attached hydrogens (tertiary/aromatic N) is 2. The summed E-state index contributed by atoms with van der Waals surface area (Å²) < 4.78 is 13.1. The quantitative estimate of drug-likeness (QED) is 0.841. The molecule has 82 valence electrons. The summed E-state index contributed by atoms with van der Waals surface area (Å²) in [6.07, 6.45) is 1.89. The summed E-state index contributed by atoms with van der Waals surface area (Å²) in [6, 6.07) is 0. The lowest BCUT2D eigenvalue weighted by atomic mass is 10.1. The van der Waals surface area contributed by atoms with Gasteiger partial charge in [-0.25, -0.2) is 14.2 Å². The van der Waals surface area contributed by atoms with Gasteiger partial charge < -0.3 is 10.0 Å². The molecule has 15 heavy (non-hydrogen) atoms. The van der Waals surface area contributed by atoms with E-state index < -0.39 is 12.1 Å². The molecule has 1 aromatic rings. The summed E-state index contributed by atoms with van der Waals surface area (Å²) in [7, 11) is 0. The zero-order valence-corrected chi connectivity index (χ0v) is 8.84. The van der Waals surface area contributed by atoms with Gasteiger partial charge >= 0.3 is 5.97 Å². The molecule has 0 unspecified atom stereocenters. The molecule has 1 aliphatic rings. The molecule has 1 fully saturated rings. The van der Waals surface area contributed by atoms with Crippen molar-refractivity contribution in [3.8, 4) is 0 Å². The highest BCUT2D eigenvalue weighted by Gasteiger charge is 2.22. The Morgan fingerprint density at radius 3 is 3.13 bits per heavy atom. The van der Waals surface area contributed by atoms with E-state index in [-0.39, 0.29) is 4.88 Å². The second kappa shape index (κ2) is 4.14. The van der Waals surface area contributed by atoms with E-state index in [2.05, 4.69) is 4.98 Å². The topological polar surface area (TPSA) is 53.4 Å². The van der Waals surface area contributed by atoms with E-state index in [0.29, 0.717) is 18.1 Å². The van der Waals surface area contributed by atoms with Gasteiger partial charge in [-0.15, -0.1) is 0 Å². The Hall–Kier alpha value is -1.17. The highest BCUT2D eigenvalue weighted by atomic mass is 32.1. The second-order valence-corrected chi connectivity index (χ2v) is 4.51. The molecule has 0 aromatic carbocycles. The van der Waals surface area contributed by atoms with Gasteiger partial charge in [0.2, 0.25) is 0 Å². The number of hydrogen-bond donors (Lipinski definition) is 1. The maximum Gasteiger partial charge on any atom is 0.347 e. The van der Waals surface area contributed by atoms with Gasteiger partial charge in [-0.2, -0.15) is 0 Å². The van der Waals surface area contributed by atoms with Crippen LogP contribution in [0.1, 0.15) is 22.5 Å². The number of anilines is 1. The molecule has 2 heterocycles. The summed E-state index contributed by atoms with van der Waals surface area (Å²) >= 11 is 1.10. The average molecular weight is 230 g/mol. The van der Waals surface area contributed by atoms with E-state index in [9.17, 15) is 9.18 Å². The molecule has 2 rings (SSSR count). The molecule has 1 aliphatic heterocycles. The first kappa shape index (κ1) is 10.4. The van der Waals surface area contributed by atoms with Crippen LogP contribution in [0.4, 0.5) is 9.52 Å². The van der Waals surface area contributed by atoms with Gasteiger partial charge in [0, 0.05) is 6.54 Å². The van der Waals surface area contributed by atoms with Gasteiger partial charge in [-0.1, -0.05) is 11.3 Å². The molecule has 0 bridgehead atoms. The molecule has 1 saturated heterocycles. The molecular weight excluding hydrogens is 219 g/mol. The minimum Gasteiger partial charge on any atom is -0.477 e. The fourth-order valence-electron chi connectivity index (χ4n) is 1.61. The van der Waals surface area contributed by atoms with Crippen LogP contribution in [0.3, 0.4) is 0 Å². The molecule has 4 nitrogen and oxygen atoms in total. The molecule has 0 spiro atoms. The molecule has 0 aliphatic carbocycles. The van der Waals surface area contributed by atoms with Crippen molar-refractivity contribution in [1.82, 2.24) is 4.98 Å². The molecule has 0 saturated carbocycles. The fraction of sp³-hybridized carbons (Fsp3) is 0.556. The van der Waals surface area contributed by atoms with E-state index in [1.165, 1.54) is 6.20 Å². The van der Waals surface area contributed by atoms with Gasteiger partial charge in [0.1, 0.15) is 11.0 Å². The smallest absolute Gasteiger partial charge is 0.347 e. The minimum absolute atomic E-state index is 0.200. The van der Waals surface area contributed by atoms with Crippen molar-refractivity contribution in [1.29, 1.82) is 0 Å². The largest absolute Gasteiger partial charge is 0.477 e. The number of hydrogen-bond acceptors (Lipinski definition) is 4. The van der Waals surface area contributed by atoms with Crippen molar-refractivity contribution in [2.45, 2.75) is 19.0 Å². The Kier molecular flexibility index (Phi) is 2.86. The monoisotopic (exact) mass is 230 g/mol. The van der Waals surface area contributed by atoms with Crippen molar-refractivity contribution in [3.63, 3.8) is 0 Å². The lowest BCUT2D eigenvalue weighted by molar-refractivity contribution is 0.0702. The van der Waals surface area contributed by atoms with E-state index in [0.717, 1.165) is 24.3 Å². The van der Waals surface area contributed by atoms with Crippen LogP contribution in [-0.2, 0) is 0 Å². The van der Waals surface area contributed by atoms with Crippen molar-refractivity contribution < 1.29 is 14.3 Å². The number of carbonyl (C=O) groups is 1. The number of carboxylic acids is 1. The average Bonchev–Trinajstić information content (AvgIpc) is 2.66. The summed E-state index contributed by atoms with van der Waals surface area (Å²) in [5, 5.41) is 9.33. The van der Waals surface area contributed by atoms with Crippen LogP contribution in [0.2, 0.25) is 0 Å². The minimum atomic E-state index is -0.979. The van der Waals surface area contributed by atoms with E-state index >= 15 is 0 Å². The number of alkyl halides is 1. The number of aromatic nitrogens is 1. The number of rotatable bonds is 2. The highest BCUT2D eigenvalue weighted by Crippen LogP contribution is 2.26. The van der Waals surface area contributed by atoms with Gasteiger partial charge in [0.25, 0.3) is 0 Å². The molecule has 1 N–H and O–H groups in total. The van der Waals surface area contributed by atoms with Crippen LogP contribution < -0.4 is 4.90 Å². The molecule has 1 aromatic heterocycles. The standard InChI is InChI=1S/C9H11FN2O2S/c10-6-2-1-3-12(5-6)9-11-4-7(15-9)8(13)14/h4,6H,1-3,5H2,(H,13,14)/t6-/m1/s1. The van der Waals surface area contributed by atoms with E-state index in [1.54, 1.807) is 0 Å². The third-order valence-corrected chi connectivity index (χ3v) is 3.38. The third-order valence-electron chi connectivity index (χ3n) is 2.34. The van der Waals surface area contributed by atoms with E-state index in [1.807, 2.05) is 4.90 Å². The normalized spacial score (nSPS) is 21.7. The lowest BCUT2D eigenvalue weighted by Gasteiger charge is -2.28. The van der Waals surface area contributed by atoms with Crippen LogP contribution in [-0.4, -0.2) is 35.3 Å². The third kappa shape index (κ3) is 2.26. The van der Waals surface area contributed by atoms with Gasteiger partial charge in [0.15, 0.2) is 5.13 Å². The van der Waals surface area contributed by atoms with Crippen LogP contribution in [0.5, 0.6) is 0 Å². The Labute approximate surface area is 90.4 Å². The highest BCUT2D eigenvalue weighted by molar-refractivity contribution is 7.17. The summed E-state index contributed by atoms with van der Waals surface area (Å²) in [5.74, 6) is -0.979. The SMILES string of the molecule is O=C(O)c1cnc(N2CCC[C@@H](F)C2)s1.